The minimum Gasteiger partial charge on any atom is -0.377 e. The molecule has 21 heavy (non-hydrogen) atoms. The number of nitrogens with one attached hydrogen (secondary N) is 1. The smallest absolute Gasteiger partial charge is 0.310 e. The predicted octanol–water partition coefficient (Wildman–Crippen LogP) is 0.826. The molecule has 1 saturated heterocycles. The lowest BCUT2D eigenvalue weighted by Gasteiger charge is -2.23. The van der Waals surface area contributed by atoms with Gasteiger partial charge in [-0.3, -0.25) is 10.1 Å². The fraction of sp³-hybridized carbons (Fsp3) is 0.500. The van der Waals surface area contributed by atoms with Crippen molar-refractivity contribution >= 4 is 21.2 Å². The molecule has 0 bridgehead atoms. The zero-order chi connectivity index (χ0) is 15.5. The Hall–Kier alpha value is -1.71. The van der Waals surface area contributed by atoms with Gasteiger partial charge in [-0.05, 0) is 12.1 Å². The average molecular weight is 316 g/mol. The molecule has 1 aliphatic heterocycles. The van der Waals surface area contributed by atoms with Crippen LogP contribution in [0.5, 0.6) is 0 Å². The van der Waals surface area contributed by atoms with E-state index in [-0.39, 0.29) is 16.7 Å². The highest BCUT2D eigenvalue weighted by Crippen LogP contribution is 2.31. The van der Waals surface area contributed by atoms with Crippen molar-refractivity contribution in [3.05, 3.63) is 28.3 Å². The molecule has 1 unspecified atom stereocenters. The molecule has 0 amide bonds. The Balaban J connectivity index is 2.24. The normalized spacial score (nSPS) is 19.2. The number of nitrogens with zero attached hydrogens (tertiary/aromatic N) is 1. The van der Waals surface area contributed by atoms with Crippen molar-refractivity contribution in [2.24, 2.45) is 0 Å². The Labute approximate surface area is 122 Å². The number of para-hydroxylation sites is 1. The summed E-state index contributed by atoms with van der Waals surface area (Å²) in [6.45, 7) is 1.69. The Morgan fingerprint density at radius 1 is 1.43 bits per heavy atom. The quantitative estimate of drug-likeness (QED) is 0.633. The predicted molar refractivity (Wildman–Crippen MR) is 75.3 cm³/mol. The number of nitro groups is 1. The van der Waals surface area contributed by atoms with E-state index in [9.17, 15) is 18.5 Å². The first-order chi connectivity index (χ1) is 9.89. The molecular weight excluding hydrogens is 300 g/mol. The Bertz CT molecular complexity index is 625. The lowest BCUT2D eigenvalue weighted by molar-refractivity contribution is -0.386. The third-order valence-corrected chi connectivity index (χ3v) is 4.11. The summed E-state index contributed by atoms with van der Waals surface area (Å²) in [5.74, 6) is 0. The molecule has 0 radical (unpaired) electrons. The van der Waals surface area contributed by atoms with Crippen LogP contribution in [-0.4, -0.2) is 52.1 Å². The number of rotatable bonds is 5. The fourth-order valence-electron chi connectivity index (χ4n) is 2.03. The molecule has 0 spiro atoms. The second kappa shape index (κ2) is 6.37. The number of sulfone groups is 1. The molecule has 2 rings (SSSR count). The molecular formula is C12H16N2O6S. The first-order valence-corrected chi connectivity index (χ1v) is 8.19. The first kappa shape index (κ1) is 15.7. The van der Waals surface area contributed by atoms with Crippen molar-refractivity contribution in [1.82, 2.24) is 0 Å². The molecule has 0 aliphatic carbocycles. The molecule has 1 aromatic rings. The number of benzene rings is 1. The summed E-state index contributed by atoms with van der Waals surface area (Å²) in [5.41, 5.74) is -0.297. The van der Waals surface area contributed by atoms with Gasteiger partial charge in [0.25, 0.3) is 0 Å². The third kappa shape index (κ3) is 3.90. The SMILES string of the molecule is CS(=O)(=O)c1cccc(NCC2COCCO2)c1[N+](=O)[O-]. The van der Waals surface area contributed by atoms with Crippen LogP contribution in [0.3, 0.4) is 0 Å². The van der Waals surface area contributed by atoms with E-state index in [1.165, 1.54) is 18.2 Å². The van der Waals surface area contributed by atoms with Gasteiger partial charge in [0, 0.05) is 12.8 Å². The Morgan fingerprint density at radius 2 is 2.19 bits per heavy atom. The highest BCUT2D eigenvalue weighted by molar-refractivity contribution is 7.90. The van der Waals surface area contributed by atoms with Crippen LogP contribution in [0.1, 0.15) is 0 Å². The van der Waals surface area contributed by atoms with Gasteiger partial charge in [0.05, 0.1) is 30.8 Å². The third-order valence-electron chi connectivity index (χ3n) is 2.99. The van der Waals surface area contributed by atoms with Crippen LogP contribution < -0.4 is 5.32 Å². The highest BCUT2D eigenvalue weighted by Gasteiger charge is 2.26. The maximum absolute atomic E-state index is 11.6. The standard InChI is InChI=1S/C12H16N2O6S/c1-21(17,18)11-4-2-3-10(12(11)14(15)16)13-7-9-8-19-5-6-20-9/h2-4,9,13H,5-8H2,1H3. The van der Waals surface area contributed by atoms with E-state index < -0.39 is 20.4 Å². The molecule has 1 fully saturated rings. The zero-order valence-corrected chi connectivity index (χ0v) is 12.3. The van der Waals surface area contributed by atoms with E-state index in [2.05, 4.69) is 5.32 Å². The van der Waals surface area contributed by atoms with E-state index in [4.69, 9.17) is 9.47 Å². The molecule has 8 nitrogen and oxygen atoms in total. The van der Waals surface area contributed by atoms with E-state index in [0.29, 0.717) is 26.4 Å². The Morgan fingerprint density at radius 3 is 2.76 bits per heavy atom. The minimum absolute atomic E-state index is 0.150. The maximum atomic E-state index is 11.6. The molecule has 1 aromatic carbocycles. The molecule has 0 aromatic heterocycles. The summed E-state index contributed by atoms with van der Waals surface area (Å²) in [5, 5.41) is 14.1. The summed E-state index contributed by atoms with van der Waals surface area (Å²) in [6, 6.07) is 4.15. The summed E-state index contributed by atoms with van der Waals surface area (Å²) >= 11 is 0. The van der Waals surface area contributed by atoms with Crippen molar-refractivity contribution in [3.63, 3.8) is 0 Å². The minimum atomic E-state index is -3.68. The Kier molecular flexibility index (Phi) is 4.76. The summed E-state index contributed by atoms with van der Waals surface area (Å²) in [7, 11) is -3.68. The van der Waals surface area contributed by atoms with Gasteiger partial charge < -0.3 is 14.8 Å². The van der Waals surface area contributed by atoms with Crippen molar-refractivity contribution in [2.75, 3.05) is 37.9 Å². The van der Waals surface area contributed by atoms with Crippen LogP contribution in [0.25, 0.3) is 0 Å². The summed E-state index contributed by atoms with van der Waals surface area (Å²) < 4.78 is 33.9. The molecule has 1 heterocycles. The largest absolute Gasteiger partial charge is 0.377 e. The summed E-state index contributed by atoms with van der Waals surface area (Å²) in [6.07, 6.45) is 0.720. The molecule has 9 heteroatoms. The fourth-order valence-corrected chi connectivity index (χ4v) is 2.89. The molecule has 1 atom stereocenters. The van der Waals surface area contributed by atoms with Crippen LogP contribution in [-0.2, 0) is 19.3 Å². The number of nitro benzene ring substituents is 1. The molecule has 1 aliphatic rings. The number of anilines is 1. The van der Waals surface area contributed by atoms with Crippen LogP contribution >= 0.6 is 0 Å². The molecule has 116 valence electrons. The van der Waals surface area contributed by atoms with Gasteiger partial charge >= 0.3 is 5.69 Å². The topological polar surface area (TPSA) is 108 Å². The lowest BCUT2D eigenvalue weighted by Crippen LogP contribution is -2.34. The highest BCUT2D eigenvalue weighted by atomic mass is 32.2. The van der Waals surface area contributed by atoms with E-state index in [1.807, 2.05) is 0 Å². The van der Waals surface area contributed by atoms with Crippen LogP contribution in [0.15, 0.2) is 23.1 Å². The number of hydrogen-bond acceptors (Lipinski definition) is 7. The van der Waals surface area contributed by atoms with Gasteiger partial charge in [0.1, 0.15) is 10.6 Å². The van der Waals surface area contributed by atoms with Crippen LogP contribution in [0.4, 0.5) is 11.4 Å². The van der Waals surface area contributed by atoms with Gasteiger partial charge in [0.15, 0.2) is 9.84 Å². The van der Waals surface area contributed by atoms with Crippen LogP contribution in [0, 0.1) is 10.1 Å². The monoisotopic (exact) mass is 316 g/mol. The lowest BCUT2D eigenvalue weighted by atomic mass is 10.2. The van der Waals surface area contributed by atoms with Gasteiger partial charge in [-0.25, -0.2) is 8.42 Å². The number of ether oxygens (including phenoxy) is 2. The van der Waals surface area contributed by atoms with Crippen molar-refractivity contribution < 1.29 is 22.8 Å². The average Bonchev–Trinajstić information content (AvgIpc) is 2.44. The number of hydrogen-bond donors (Lipinski definition) is 1. The van der Waals surface area contributed by atoms with Gasteiger partial charge in [-0.1, -0.05) is 6.07 Å². The van der Waals surface area contributed by atoms with Crippen molar-refractivity contribution in [1.29, 1.82) is 0 Å². The van der Waals surface area contributed by atoms with Gasteiger partial charge in [-0.15, -0.1) is 0 Å². The first-order valence-electron chi connectivity index (χ1n) is 6.30. The molecule has 0 saturated carbocycles. The second-order valence-corrected chi connectivity index (χ2v) is 6.61. The van der Waals surface area contributed by atoms with Crippen molar-refractivity contribution in [2.45, 2.75) is 11.0 Å². The van der Waals surface area contributed by atoms with Gasteiger partial charge in [0.2, 0.25) is 0 Å². The van der Waals surface area contributed by atoms with E-state index in [0.717, 1.165) is 6.26 Å². The van der Waals surface area contributed by atoms with E-state index in [1.54, 1.807) is 0 Å². The molecule has 1 N–H and O–H groups in total. The van der Waals surface area contributed by atoms with Crippen molar-refractivity contribution in [3.8, 4) is 0 Å². The zero-order valence-electron chi connectivity index (χ0n) is 11.4. The van der Waals surface area contributed by atoms with Crippen LogP contribution in [0.2, 0.25) is 0 Å². The van der Waals surface area contributed by atoms with E-state index >= 15 is 0 Å². The van der Waals surface area contributed by atoms with Gasteiger partial charge in [-0.2, -0.15) is 0 Å². The summed E-state index contributed by atoms with van der Waals surface area (Å²) in [4.78, 5) is 10.2. The maximum Gasteiger partial charge on any atom is 0.310 e. The second-order valence-electron chi connectivity index (χ2n) is 4.63.